The highest BCUT2D eigenvalue weighted by Crippen LogP contribution is 2.47. The second-order valence-corrected chi connectivity index (χ2v) is 5.13. The fourth-order valence-corrected chi connectivity index (χ4v) is 2.41. The largest absolute Gasteiger partial charge is 0.489 e. The van der Waals surface area contributed by atoms with Crippen LogP contribution in [0.4, 0.5) is 0 Å². The van der Waals surface area contributed by atoms with Gasteiger partial charge in [-0.05, 0) is 41.5 Å². The maximum Gasteiger partial charge on any atom is 0.119 e. The van der Waals surface area contributed by atoms with Crippen molar-refractivity contribution in [2.75, 3.05) is 6.61 Å². The third-order valence-corrected chi connectivity index (χ3v) is 3.71. The van der Waals surface area contributed by atoms with Gasteiger partial charge in [-0.1, -0.05) is 42.5 Å². The van der Waals surface area contributed by atoms with Crippen molar-refractivity contribution in [1.29, 1.82) is 0 Å². The van der Waals surface area contributed by atoms with Crippen LogP contribution in [0.3, 0.4) is 0 Å². The lowest BCUT2D eigenvalue weighted by molar-refractivity contribution is 0.274. The number of rotatable bonds is 5. The standard InChI is InChI=1S/C17H18O2/c18-11-15-10-17(15)14-6-8-16(9-7-14)19-12-13-4-2-1-3-5-13/h1-9,15,17-18H,10-12H2/t15-,17-/m0/s1. The molecule has 1 saturated carbocycles. The summed E-state index contributed by atoms with van der Waals surface area (Å²) < 4.78 is 5.75. The molecule has 19 heavy (non-hydrogen) atoms. The van der Waals surface area contributed by atoms with Gasteiger partial charge in [0, 0.05) is 6.61 Å². The van der Waals surface area contributed by atoms with Crippen LogP contribution >= 0.6 is 0 Å². The fourth-order valence-electron chi connectivity index (χ4n) is 2.41. The van der Waals surface area contributed by atoms with Crippen LogP contribution in [0, 0.1) is 5.92 Å². The predicted octanol–water partition coefficient (Wildman–Crippen LogP) is 3.36. The predicted molar refractivity (Wildman–Crippen MR) is 75.1 cm³/mol. The maximum absolute atomic E-state index is 9.08. The molecule has 1 N–H and O–H groups in total. The fraction of sp³-hybridized carbons (Fsp3) is 0.294. The zero-order valence-electron chi connectivity index (χ0n) is 10.8. The van der Waals surface area contributed by atoms with Crippen LogP contribution in [0.5, 0.6) is 5.75 Å². The van der Waals surface area contributed by atoms with E-state index in [0.29, 0.717) is 25.0 Å². The summed E-state index contributed by atoms with van der Waals surface area (Å²) in [6.45, 7) is 0.903. The Labute approximate surface area is 113 Å². The molecule has 0 aliphatic heterocycles. The van der Waals surface area contributed by atoms with E-state index in [1.807, 2.05) is 30.3 Å². The van der Waals surface area contributed by atoms with E-state index in [-0.39, 0.29) is 0 Å². The van der Waals surface area contributed by atoms with E-state index in [9.17, 15) is 0 Å². The average Bonchev–Trinajstić information content (AvgIpc) is 3.26. The molecule has 0 bridgehead atoms. The van der Waals surface area contributed by atoms with E-state index < -0.39 is 0 Å². The maximum atomic E-state index is 9.08. The van der Waals surface area contributed by atoms with Crippen molar-refractivity contribution in [2.45, 2.75) is 18.9 Å². The van der Waals surface area contributed by atoms with Crippen LogP contribution in [0.25, 0.3) is 0 Å². The summed E-state index contributed by atoms with van der Waals surface area (Å²) in [4.78, 5) is 0. The smallest absolute Gasteiger partial charge is 0.119 e. The van der Waals surface area contributed by atoms with Gasteiger partial charge in [-0.3, -0.25) is 0 Å². The van der Waals surface area contributed by atoms with Gasteiger partial charge >= 0.3 is 0 Å². The molecule has 2 atom stereocenters. The molecule has 2 nitrogen and oxygen atoms in total. The van der Waals surface area contributed by atoms with E-state index in [0.717, 1.165) is 12.2 Å². The molecule has 0 radical (unpaired) electrons. The Morgan fingerprint density at radius 2 is 1.74 bits per heavy atom. The van der Waals surface area contributed by atoms with Gasteiger partial charge < -0.3 is 9.84 Å². The van der Waals surface area contributed by atoms with E-state index >= 15 is 0 Å². The summed E-state index contributed by atoms with van der Waals surface area (Å²) in [6.07, 6.45) is 1.11. The Hall–Kier alpha value is -1.80. The highest BCUT2D eigenvalue weighted by atomic mass is 16.5. The quantitative estimate of drug-likeness (QED) is 0.886. The molecule has 0 amide bonds. The van der Waals surface area contributed by atoms with Gasteiger partial charge in [-0.15, -0.1) is 0 Å². The Morgan fingerprint density at radius 1 is 1.00 bits per heavy atom. The molecule has 0 heterocycles. The molecule has 0 spiro atoms. The third-order valence-electron chi connectivity index (χ3n) is 3.71. The van der Waals surface area contributed by atoms with Gasteiger partial charge in [0.2, 0.25) is 0 Å². The van der Waals surface area contributed by atoms with Gasteiger partial charge in [-0.25, -0.2) is 0 Å². The highest BCUT2D eigenvalue weighted by Gasteiger charge is 2.37. The van der Waals surface area contributed by atoms with Crippen LogP contribution in [0.2, 0.25) is 0 Å². The van der Waals surface area contributed by atoms with Crippen molar-refractivity contribution in [3.8, 4) is 5.75 Å². The molecule has 98 valence electrons. The van der Waals surface area contributed by atoms with Gasteiger partial charge in [0.05, 0.1) is 0 Å². The third kappa shape index (κ3) is 2.96. The summed E-state index contributed by atoms with van der Waals surface area (Å²) in [6, 6.07) is 18.4. The summed E-state index contributed by atoms with van der Waals surface area (Å²) in [5.74, 6) is 1.91. The monoisotopic (exact) mass is 254 g/mol. The highest BCUT2D eigenvalue weighted by molar-refractivity contribution is 5.32. The SMILES string of the molecule is OC[C@@H]1C[C@H]1c1ccc(OCc2ccccc2)cc1. The zero-order chi connectivity index (χ0) is 13.1. The van der Waals surface area contributed by atoms with Gasteiger partial charge in [-0.2, -0.15) is 0 Å². The Kier molecular flexibility index (Phi) is 3.51. The van der Waals surface area contributed by atoms with Crippen LogP contribution in [0.15, 0.2) is 54.6 Å². The summed E-state index contributed by atoms with van der Waals surface area (Å²) >= 11 is 0. The Bertz CT molecular complexity index is 519. The van der Waals surface area contributed by atoms with E-state index in [1.165, 1.54) is 11.1 Å². The first kappa shape index (κ1) is 12.2. The van der Waals surface area contributed by atoms with Gasteiger partial charge in [0.1, 0.15) is 12.4 Å². The van der Waals surface area contributed by atoms with Crippen molar-refractivity contribution in [3.63, 3.8) is 0 Å². The normalized spacial score (nSPS) is 21.1. The van der Waals surface area contributed by atoms with Crippen molar-refractivity contribution >= 4 is 0 Å². The summed E-state index contributed by atoms with van der Waals surface area (Å²) in [7, 11) is 0. The Balaban J connectivity index is 1.58. The summed E-state index contributed by atoms with van der Waals surface area (Å²) in [5.41, 5.74) is 2.49. The molecule has 1 aliphatic carbocycles. The van der Waals surface area contributed by atoms with E-state index in [4.69, 9.17) is 9.84 Å². The summed E-state index contributed by atoms with van der Waals surface area (Å²) in [5, 5.41) is 9.08. The molecular formula is C17H18O2. The van der Waals surface area contributed by atoms with Crippen molar-refractivity contribution < 1.29 is 9.84 Å². The minimum atomic E-state index is 0.303. The number of hydrogen-bond donors (Lipinski definition) is 1. The second-order valence-electron chi connectivity index (χ2n) is 5.13. The van der Waals surface area contributed by atoms with Crippen LogP contribution in [-0.4, -0.2) is 11.7 Å². The second kappa shape index (κ2) is 5.45. The number of aliphatic hydroxyl groups excluding tert-OH is 1. The van der Waals surface area contributed by atoms with E-state index in [1.54, 1.807) is 0 Å². The molecule has 2 heteroatoms. The Morgan fingerprint density at radius 3 is 2.37 bits per heavy atom. The molecule has 2 aromatic rings. The molecule has 0 aromatic heterocycles. The minimum absolute atomic E-state index is 0.303. The first-order valence-corrected chi connectivity index (χ1v) is 6.74. The lowest BCUT2D eigenvalue weighted by atomic mass is 10.1. The number of benzene rings is 2. The number of aliphatic hydroxyl groups is 1. The minimum Gasteiger partial charge on any atom is -0.489 e. The lowest BCUT2D eigenvalue weighted by Crippen LogP contribution is -1.95. The molecule has 1 aliphatic rings. The van der Waals surface area contributed by atoms with Gasteiger partial charge in [0.15, 0.2) is 0 Å². The first-order valence-electron chi connectivity index (χ1n) is 6.74. The van der Waals surface area contributed by atoms with E-state index in [2.05, 4.69) is 24.3 Å². The molecular weight excluding hydrogens is 236 g/mol. The first-order chi connectivity index (χ1) is 9.36. The van der Waals surface area contributed by atoms with Gasteiger partial charge in [0.25, 0.3) is 0 Å². The molecule has 3 rings (SSSR count). The lowest BCUT2D eigenvalue weighted by Gasteiger charge is -2.07. The number of hydrogen-bond acceptors (Lipinski definition) is 2. The molecule has 2 aromatic carbocycles. The average molecular weight is 254 g/mol. The topological polar surface area (TPSA) is 29.5 Å². The molecule has 0 saturated heterocycles. The number of ether oxygens (including phenoxy) is 1. The van der Waals surface area contributed by atoms with Crippen molar-refractivity contribution in [1.82, 2.24) is 0 Å². The van der Waals surface area contributed by atoms with Crippen molar-refractivity contribution in [2.24, 2.45) is 5.92 Å². The van der Waals surface area contributed by atoms with Crippen LogP contribution in [0.1, 0.15) is 23.5 Å². The molecule has 0 unspecified atom stereocenters. The zero-order valence-corrected chi connectivity index (χ0v) is 10.8. The van der Waals surface area contributed by atoms with Crippen LogP contribution < -0.4 is 4.74 Å². The van der Waals surface area contributed by atoms with Crippen LogP contribution in [-0.2, 0) is 6.61 Å². The van der Waals surface area contributed by atoms with Crippen molar-refractivity contribution in [3.05, 3.63) is 65.7 Å². The molecule has 1 fully saturated rings.